The van der Waals surface area contributed by atoms with Gasteiger partial charge in [-0.05, 0) is 43.7 Å². The average molecular weight is 381 g/mol. The number of amides is 1. The number of hydrogen-bond acceptors (Lipinski definition) is 3. The highest BCUT2D eigenvalue weighted by Gasteiger charge is 2.30. The molecule has 0 aromatic heterocycles. The molecule has 0 aliphatic carbocycles. The van der Waals surface area contributed by atoms with Gasteiger partial charge >= 0.3 is 5.69 Å². The molecule has 0 aliphatic heterocycles. The Morgan fingerprint density at radius 1 is 1.22 bits per heavy atom. The number of nitrogens with zero attached hydrogens (tertiary/aromatic N) is 1. The van der Waals surface area contributed by atoms with Crippen LogP contribution in [-0.2, 0) is 10.2 Å². The normalized spacial score (nSPS) is 11.1. The lowest BCUT2D eigenvalue weighted by Gasteiger charge is -2.24. The van der Waals surface area contributed by atoms with Gasteiger partial charge in [0.2, 0.25) is 11.7 Å². The molecule has 23 heavy (non-hydrogen) atoms. The third-order valence-electron chi connectivity index (χ3n) is 3.53. The fourth-order valence-electron chi connectivity index (χ4n) is 2.02. The zero-order valence-electron chi connectivity index (χ0n) is 12.5. The maximum Gasteiger partial charge on any atom is 0.306 e. The van der Waals surface area contributed by atoms with Gasteiger partial charge in [0.1, 0.15) is 0 Å². The van der Waals surface area contributed by atoms with E-state index in [-0.39, 0.29) is 11.6 Å². The number of rotatable bonds is 4. The Hall–Kier alpha value is -2.28. The van der Waals surface area contributed by atoms with Crippen molar-refractivity contribution < 1.29 is 14.1 Å². The minimum atomic E-state index is -0.944. The van der Waals surface area contributed by atoms with Gasteiger partial charge in [0.25, 0.3) is 0 Å². The fraction of sp³-hybridized carbons (Fsp3) is 0.188. The van der Waals surface area contributed by atoms with Crippen molar-refractivity contribution in [2.45, 2.75) is 19.3 Å². The van der Waals surface area contributed by atoms with Crippen LogP contribution in [0.2, 0.25) is 0 Å². The van der Waals surface area contributed by atoms with E-state index in [1.165, 1.54) is 6.07 Å². The van der Waals surface area contributed by atoms with Crippen LogP contribution in [0.25, 0.3) is 0 Å². The van der Waals surface area contributed by atoms with E-state index in [2.05, 4.69) is 21.2 Å². The summed E-state index contributed by atoms with van der Waals surface area (Å²) < 4.78 is 14.2. The summed E-state index contributed by atoms with van der Waals surface area (Å²) in [6, 6.07) is 10.5. The van der Waals surface area contributed by atoms with Gasteiger partial charge in [-0.1, -0.05) is 28.1 Å². The van der Waals surface area contributed by atoms with Crippen molar-refractivity contribution in [1.29, 1.82) is 0 Å². The van der Waals surface area contributed by atoms with Gasteiger partial charge in [0, 0.05) is 16.2 Å². The molecule has 120 valence electrons. The van der Waals surface area contributed by atoms with Crippen LogP contribution in [0.1, 0.15) is 19.4 Å². The van der Waals surface area contributed by atoms with Crippen LogP contribution in [0, 0.1) is 15.9 Å². The van der Waals surface area contributed by atoms with Crippen LogP contribution in [0.5, 0.6) is 0 Å². The third-order valence-corrected chi connectivity index (χ3v) is 4.06. The van der Waals surface area contributed by atoms with E-state index in [9.17, 15) is 19.3 Å². The monoisotopic (exact) mass is 380 g/mol. The van der Waals surface area contributed by atoms with Gasteiger partial charge in [-0.15, -0.1) is 0 Å². The molecule has 0 atom stereocenters. The molecule has 0 saturated heterocycles. The first-order chi connectivity index (χ1) is 10.7. The minimum Gasteiger partial charge on any atom is -0.325 e. The van der Waals surface area contributed by atoms with Gasteiger partial charge in [-0.2, -0.15) is 4.39 Å². The van der Waals surface area contributed by atoms with Crippen molar-refractivity contribution in [3.05, 3.63) is 68.4 Å². The molecular formula is C16H14BrFN2O3. The molecule has 0 bridgehead atoms. The second-order valence-electron chi connectivity index (χ2n) is 5.51. The lowest BCUT2D eigenvalue weighted by atomic mass is 9.83. The molecule has 2 aromatic rings. The minimum absolute atomic E-state index is 0.174. The summed E-state index contributed by atoms with van der Waals surface area (Å²) in [7, 11) is 0. The maximum atomic E-state index is 13.3. The van der Waals surface area contributed by atoms with E-state index in [4.69, 9.17) is 0 Å². The van der Waals surface area contributed by atoms with Crippen LogP contribution < -0.4 is 5.32 Å². The summed E-state index contributed by atoms with van der Waals surface area (Å²) in [6.45, 7) is 3.48. The van der Waals surface area contributed by atoms with Crippen molar-refractivity contribution >= 4 is 33.2 Å². The van der Waals surface area contributed by atoms with Crippen molar-refractivity contribution in [2.24, 2.45) is 0 Å². The Labute approximate surface area is 140 Å². The summed E-state index contributed by atoms with van der Waals surface area (Å²) in [4.78, 5) is 22.4. The molecule has 0 saturated carbocycles. The molecule has 0 unspecified atom stereocenters. The van der Waals surface area contributed by atoms with E-state index in [0.29, 0.717) is 0 Å². The number of carbonyl (C=O) groups excluding carboxylic acids is 1. The highest BCUT2D eigenvalue weighted by molar-refractivity contribution is 9.10. The highest BCUT2D eigenvalue weighted by atomic mass is 79.9. The largest absolute Gasteiger partial charge is 0.325 e. The number of nitrogens with one attached hydrogen (secondary N) is 1. The zero-order chi connectivity index (χ0) is 17.2. The maximum absolute atomic E-state index is 13.3. The summed E-state index contributed by atoms with van der Waals surface area (Å²) in [5.74, 6) is -1.29. The zero-order valence-corrected chi connectivity index (χ0v) is 14.1. The Morgan fingerprint density at radius 2 is 1.83 bits per heavy atom. The van der Waals surface area contributed by atoms with Crippen LogP contribution in [0.15, 0.2) is 46.9 Å². The van der Waals surface area contributed by atoms with Gasteiger partial charge < -0.3 is 5.32 Å². The second kappa shape index (κ2) is 6.45. The number of hydrogen-bond donors (Lipinski definition) is 1. The summed E-state index contributed by atoms with van der Waals surface area (Å²) >= 11 is 3.33. The fourth-order valence-corrected chi connectivity index (χ4v) is 2.28. The first kappa shape index (κ1) is 17.1. The SMILES string of the molecule is CC(C)(C(=O)Nc1ccc(F)c([N+](=O)[O-])c1)c1ccc(Br)cc1. The lowest BCUT2D eigenvalue weighted by Crippen LogP contribution is -2.34. The quantitative estimate of drug-likeness (QED) is 0.630. The number of benzene rings is 2. The first-order valence-corrected chi connectivity index (χ1v) is 7.52. The number of halogens is 2. The molecule has 7 heteroatoms. The molecule has 1 amide bonds. The van der Waals surface area contributed by atoms with E-state index in [0.717, 1.165) is 22.2 Å². The molecular weight excluding hydrogens is 367 g/mol. The Bertz CT molecular complexity index is 760. The van der Waals surface area contributed by atoms with E-state index in [1.54, 1.807) is 13.8 Å². The predicted molar refractivity (Wildman–Crippen MR) is 88.9 cm³/mol. The molecule has 2 aromatic carbocycles. The summed E-state index contributed by atoms with van der Waals surface area (Å²) in [5.41, 5.74) is -0.573. The Morgan fingerprint density at radius 3 is 2.39 bits per heavy atom. The average Bonchev–Trinajstić information content (AvgIpc) is 2.49. The molecule has 0 aliphatic rings. The summed E-state index contributed by atoms with van der Waals surface area (Å²) in [5, 5.41) is 13.4. The van der Waals surface area contributed by atoms with E-state index < -0.39 is 21.8 Å². The number of nitro benzene ring substituents is 1. The molecule has 0 fully saturated rings. The van der Waals surface area contributed by atoms with Crippen molar-refractivity contribution in [1.82, 2.24) is 0 Å². The van der Waals surface area contributed by atoms with E-state index in [1.807, 2.05) is 24.3 Å². The molecule has 5 nitrogen and oxygen atoms in total. The predicted octanol–water partition coefficient (Wildman–Crippen LogP) is 4.41. The number of carbonyl (C=O) groups is 1. The Kier molecular flexibility index (Phi) is 4.79. The van der Waals surface area contributed by atoms with E-state index >= 15 is 0 Å². The number of nitro groups is 1. The van der Waals surface area contributed by atoms with Crippen molar-refractivity contribution in [2.75, 3.05) is 5.32 Å². The van der Waals surface area contributed by atoms with Crippen LogP contribution in [-0.4, -0.2) is 10.8 Å². The number of anilines is 1. The second-order valence-corrected chi connectivity index (χ2v) is 6.42. The lowest BCUT2D eigenvalue weighted by molar-refractivity contribution is -0.387. The molecule has 2 rings (SSSR count). The Balaban J connectivity index is 2.26. The van der Waals surface area contributed by atoms with Crippen LogP contribution >= 0.6 is 15.9 Å². The standard InChI is InChI=1S/C16H14BrFN2O3/c1-16(2,10-3-5-11(17)6-4-10)15(21)19-12-7-8-13(18)14(9-12)20(22)23/h3-9H,1-2H3,(H,19,21). The third kappa shape index (κ3) is 3.73. The summed E-state index contributed by atoms with van der Waals surface area (Å²) in [6.07, 6.45) is 0. The first-order valence-electron chi connectivity index (χ1n) is 6.73. The molecule has 0 radical (unpaired) electrons. The molecule has 0 heterocycles. The van der Waals surface area contributed by atoms with Gasteiger partial charge in [0.15, 0.2) is 0 Å². The van der Waals surface area contributed by atoms with Gasteiger partial charge in [-0.3, -0.25) is 14.9 Å². The van der Waals surface area contributed by atoms with Crippen molar-refractivity contribution in [3.8, 4) is 0 Å². The van der Waals surface area contributed by atoms with Crippen LogP contribution in [0.4, 0.5) is 15.8 Å². The van der Waals surface area contributed by atoms with Gasteiger partial charge in [-0.25, -0.2) is 0 Å². The molecule has 0 spiro atoms. The topological polar surface area (TPSA) is 72.2 Å². The highest BCUT2D eigenvalue weighted by Crippen LogP contribution is 2.28. The smallest absolute Gasteiger partial charge is 0.306 e. The van der Waals surface area contributed by atoms with Crippen LogP contribution in [0.3, 0.4) is 0 Å². The van der Waals surface area contributed by atoms with Crippen molar-refractivity contribution in [3.63, 3.8) is 0 Å². The van der Waals surface area contributed by atoms with Gasteiger partial charge in [0.05, 0.1) is 10.3 Å². The molecule has 1 N–H and O–H groups in total.